The van der Waals surface area contributed by atoms with Crippen LogP contribution in [0.5, 0.6) is 0 Å². The van der Waals surface area contributed by atoms with Crippen molar-refractivity contribution in [1.29, 1.82) is 0 Å². The number of ether oxygens (including phenoxy) is 4. The molecule has 546 valence electrons. The van der Waals surface area contributed by atoms with Crippen LogP contribution in [0.25, 0.3) is 0 Å². The molecule has 3 N–H and O–H groups in total. The van der Waals surface area contributed by atoms with E-state index in [-0.39, 0.29) is 25.7 Å². The monoisotopic (exact) mass is 1350 g/mol. The van der Waals surface area contributed by atoms with Crippen LogP contribution in [0.3, 0.4) is 0 Å². The Morgan fingerprint density at radius 1 is 0.304 bits per heavy atom. The van der Waals surface area contributed by atoms with Crippen molar-refractivity contribution in [3.63, 3.8) is 0 Å². The second-order valence-electron chi connectivity index (χ2n) is 27.8. The van der Waals surface area contributed by atoms with Crippen LogP contribution in [-0.2, 0) is 65.4 Å². The van der Waals surface area contributed by atoms with Gasteiger partial charge in [-0.25, -0.2) is 9.13 Å². The third kappa shape index (κ3) is 64.1. The standard InChI is InChI=1S/C73H142O17P2/c1-9-65(7)51-43-35-26-22-18-13-11-12-14-20-24-28-39-47-55-72(77)89-68(60-84-71(76)54-46-38-31-29-34-42-50-64(5)6)61-87-91(79,80)85-57-67(74)58-86-92(81,82)88-62-69(90-73(78)56-48-40-32-30-36-44-52-66(8)10-2)59-83-70(75)53-45-37-27-23-19-16-15-17-21-25-33-41-49-63(3)4/h63-69,74H,9-62H2,1-8H3,(H,79,80)(H,81,82)/t65?,66?,67-,68+,69+/m0/s1. The van der Waals surface area contributed by atoms with Crippen LogP contribution in [0.1, 0.15) is 364 Å². The lowest BCUT2D eigenvalue weighted by molar-refractivity contribution is -0.161. The van der Waals surface area contributed by atoms with Gasteiger partial charge in [-0.2, -0.15) is 0 Å². The minimum atomic E-state index is -4.95. The van der Waals surface area contributed by atoms with Gasteiger partial charge in [-0.05, 0) is 49.4 Å². The lowest BCUT2D eigenvalue weighted by atomic mass is 9.99. The highest BCUT2D eigenvalue weighted by Gasteiger charge is 2.30. The number of rotatable bonds is 70. The molecule has 7 atom stereocenters. The molecule has 0 aromatic heterocycles. The fourth-order valence-corrected chi connectivity index (χ4v) is 12.5. The number of carbonyl (C=O) groups excluding carboxylic acids is 4. The highest BCUT2D eigenvalue weighted by atomic mass is 31.2. The van der Waals surface area contributed by atoms with Crippen molar-refractivity contribution in [1.82, 2.24) is 0 Å². The Hall–Kier alpha value is -1.94. The first-order valence-electron chi connectivity index (χ1n) is 37.8. The minimum absolute atomic E-state index is 0.102. The summed E-state index contributed by atoms with van der Waals surface area (Å²) in [5, 5.41) is 10.6. The summed E-state index contributed by atoms with van der Waals surface area (Å²) >= 11 is 0. The van der Waals surface area contributed by atoms with Gasteiger partial charge in [-0.15, -0.1) is 0 Å². The fourth-order valence-electron chi connectivity index (χ4n) is 11.0. The van der Waals surface area contributed by atoms with E-state index in [0.717, 1.165) is 114 Å². The van der Waals surface area contributed by atoms with Gasteiger partial charge in [0.25, 0.3) is 0 Å². The zero-order valence-electron chi connectivity index (χ0n) is 60.2. The first kappa shape index (κ1) is 90.1. The SMILES string of the molecule is CCC(C)CCCCCCCCCCCCCCCCC(=O)O[C@H](COC(=O)CCCCCCCCC(C)C)COP(=O)(O)OC[C@H](O)COP(=O)(O)OC[C@@H](COC(=O)CCCCCCCCCCCCCCC(C)C)OC(=O)CCCCCCCCC(C)CC. The molecule has 0 aliphatic heterocycles. The first-order chi connectivity index (χ1) is 44.2. The van der Waals surface area contributed by atoms with Gasteiger partial charge >= 0.3 is 39.5 Å². The zero-order valence-corrected chi connectivity index (χ0v) is 62.0. The molecule has 0 saturated heterocycles. The molecule has 0 spiro atoms. The molecule has 0 radical (unpaired) electrons. The van der Waals surface area contributed by atoms with Crippen molar-refractivity contribution in [3.05, 3.63) is 0 Å². The highest BCUT2D eigenvalue weighted by molar-refractivity contribution is 7.47. The second kappa shape index (κ2) is 62.6. The number of aliphatic hydroxyl groups is 1. The maximum atomic E-state index is 13.0. The van der Waals surface area contributed by atoms with Crippen LogP contribution < -0.4 is 0 Å². The summed E-state index contributed by atoms with van der Waals surface area (Å²) in [5.41, 5.74) is 0. The molecule has 0 rings (SSSR count). The van der Waals surface area contributed by atoms with Crippen LogP contribution >= 0.6 is 15.6 Å². The molecule has 0 aliphatic carbocycles. The van der Waals surface area contributed by atoms with E-state index in [1.807, 2.05) is 0 Å². The molecular formula is C73H142O17P2. The normalized spacial score (nSPS) is 14.8. The van der Waals surface area contributed by atoms with Gasteiger partial charge in [0.2, 0.25) is 0 Å². The van der Waals surface area contributed by atoms with Crippen molar-refractivity contribution < 1.29 is 80.2 Å². The first-order valence-corrected chi connectivity index (χ1v) is 40.8. The summed E-state index contributed by atoms with van der Waals surface area (Å²) in [7, 11) is -9.91. The van der Waals surface area contributed by atoms with Gasteiger partial charge in [-0.3, -0.25) is 37.3 Å². The van der Waals surface area contributed by atoms with Gasteiger partial charge in [0, 0.05) is 25.7 Å². The van der Waals surface area contributed by atoms with Crippen molar-refractivity contribution >= 4 is 39.5 Å². The van der Waals surface area contributed by atoms with Crippen molar-refractivity contribution in [2.75, 3.05) is 39.6 Å². The second-order valence-corrected chi connectivity index (χ2v) is 30.7. The van der Waals surface area contributed by atoms with Crippen LogP contribution in [0.4, 0.5) is 0 Å². The van der Waals surface area contributed by atoms with Gasteiger partial charge < -0.3 is 33.8 Å². The summed E-state index contributed by atoms with van der Waals surface area (Å²) < 4.78 is 68.3. The van der Waals surface area contributed by atoms with E-state index in [0.29, 0.717) is 31.6 Å². The third-order valence-corrected chi connectivity index (χ3v) is 19.4. The Morgan fingerprint density at radius 3 is 0.772 bits per heavy atom. The lowest BCUT2D eigenvalue weighted by Gasteiger charge is -2.21. The van der Waals surface area contributed by atoms with Gasteiger partial charge in [0.1, 0.15) is 19.3 Å². The summed E-state index contributed by atoms with van der Waals surface area (Å²) in [6, 6.07) is 0. The van der Waals surface area contributed by atoms with E-state index in [2.05, 4.69) is 55.4 Å². The number of phosphoric acid groups is 2. The van der Waals surface area contributed by atoms with E-state index in [9.17, 15) is 43.2 Å². The fraction of sp³-hybridized carbons (Fsp3) is 0.945. The number of hydrogen-bond donors (Lipinski definition) is 3. The smallest absolute Gasteiger partial charge is 0.462 e. The van der Waals surface area contributed by atoms with Crippen LogP contribution in [-0.4, -0.2) is 96.7 Å². The number of aliphatic hydroxyl groups excluding tert-OH is 1. The van der Waals surface area contributed by atoms with Crippen LogP contribution in [0, 0.1) is 23.7 Å². The molecule has 0 aliphatic rings. The largest absolute Gasteiger partial charge is 0.472 e. The Kier molecular flexibility index (Phi) is 61.3. The number of carbonyl (C=O) groups is 4. The highest BCUT2D eigenvalue weighted by Crippen LogP contribution is 2.45. The summed E-state index contributed by atoms with van der Waals surface area (Å²) in [4.78, 5) is 72.6. The summed E-state index contributed by atoms with van der Waals surface area (Å²) in [5.74, 6) is 0.898. The van der Waals surface area contributed by atoms with Crippen molar-refractivity contribution in [2.45, 2.75) is 382 Å². The topological polar surface area (TPSA) is 237 Å². The molecule has 4 unspecified atom stereocenters. The maximum Gasteiger partial charge on any atom is 0.472 e. The van der Waals surface area contributed by atoms with E-state index in [1.165, 1.54) is 161 Å². The Labute approximate surface area is 562 Å². The van der Waals surface area contributed by atoms with E-state index in [4.69, 9.17) is 37.0 Å². The summed E-state index contributed by atoms with van der Waals surface area (Å²) in [6.45, 7) is 14.1. The Balaban J connectivity index is 5.19. The number of esters is 4. The molecule has 0 amide bonds. The Bertz CT molecular complexity index is 1820. The van der Waals surface area contributed by atoms with Gasteiger partial charge in [-0.1, -0.05) is 312 Å². The Morgan fingerprint density at radius 2 is 0.522 bits per heavy atom. The average Bonchev–Trinajstić information content (AvgIpc) is 3.37. The number of unbranched alkanes of at least 4 members (excludes halogenated alkanes) is 34. The van der Waals surface area contributed by atoms with Crippen LogP contribution in [0.2, 0.25) is 0 Å². The molecule has 0 saturated carbocycles. The molecule has 0 fully saturated rings. The number of phosphoric ester groups is 2. The average molecular weight is 1350 g/mol. The van der Waals surface area contributed by atoms with Crippen molar-refractivity contribution in [3.8, 4) is 0 Å². The predicted molar refractivity (Wildman–Crippen MR) is 372 cm³/mol. The van der Waals surface area contributed by atoms with Gasteiger partial charge in [0.15, 0.2) is 12.2 Å². The van der Waals surface area contributed by atoms with E-state index < -0.39 is 97.5 Å². The number of hydrogen-bond acceptors (Lipinski definition) is 15. The molecule has 0 aromatic carbocycles. The third-order valence-electron chi connectivity index (χ3n) is 17.5. The molecule has 92 heavy (non-hydrogen) atoms. The summed E-state index contributed by atoms with van der Waals surface area (Å²) in [6.07, 6.45) is 46.0. The van der Waals surface area contributed by atoms with Gasteiger partial charge in [0.05, 0.1) is 26.4 Å². The molecule has 0 aromatic rings. The molecular weight excluding hydrogens is 1210 g/mol. The molecule has 17 nitrogen and oxygen atoms in total. The van der Waals surface area contributed by atoms with E-state index >= 15 is 0 Å². The maximum absolute atomic E-state index is 13.0. The molecule has 19 heteroatoms. The molecule has 0 heterocycles. The quantitative estimate of drug-likeness (QED) is 0.0222. The van der Waals surface area contributed by atoms with Crippen molar-refractivity contribution in [2.24, 2.45) is 23.7 Å². The van der Waals surface area contributed by atoms with Crippen LogP contribution in [0.15, 0.2) is 0 Å². The zero-order chi connectivity index (χ0) is 68.2. The van der Waals surface area contributed by atoms with E-state index in [1.54, 1.807) is 0 Å². The molecule has 0 bridgehead atoms. The lowest BCUT2D eigenvalue weighted by Crippen LogP contribution is -2.30. The predicted octanol–water partition coefficient (Wildman–Crippen LogP) is 20.9. The minimum Gasteiger partial charge on any atom is -0.462 e.